The summed E-state index contributed by atoms with van der Waals surface area (Å²) in [6.45, 7) is 0. The molecule has 0 aliphatic heterocycles. The zero-order valence-corrected chi connectivity index (χ0v) is 10.9. The molecule has 0 nitrogen and oxygen atoms in total. The van der Waals surface area contributed by atoms with Crippen LogP contribution in [0.2, 0.25) is 10.0 Å². The Labute approximate surface area is 123 Å². The molecule has 0 spiro atoms. The monoisotopic (exact) mass is 246 g/mol. The standard InChI is InChI=1S/C6H3Cl2.2ClH.Li.Mg/c7-5-3-1-2-4-6(5)8;;;;/h1,3-4H;2*1H;;/q-1;;;+1;+2/p-2. The van der Waals surface area contributed by atoms with E-state index in [1.54, 1.807) is 18.2 Å². The zero-order valence-electron chi connectivity index (χ0n) is 6.45. The Bertz CT molecular complexity index is 176. The molecule has 0 saturated carbocycles. The summed E-state index contributed by atoms with van der Waals surface area (Å²) in [7, 11) is 0. The van der Waals surface area contributed by atoms with Crippen molar-refractivity contribution in [3.63, 3.8) is 0 Å². The van der Waals surface area contributed by atoms with E-state index in [1.165, 1.54) is 0 Å². The Morgan fingerprint density at radius 1 is 1.08 bits per heavy atom. The van der Waals surface area contributed by atoms with E-state index in [0.717, 1.165) is 0 Å². The second-order valence-electron chi connectivity index (χ2n) is 1.34. The van der Waals surface area contributed by atoms with E-state index < -0.39 is 0 Å². The molecule has 12 heavy (non-hydrogen) atoms. The maximum Gasteiger partial charge on any atom is 2.00 e. The van der Waals surface area contributed by atoms with Crippen LogP contribution in [0, 0.1) is 6.07 Å². The zero-order chi connectivity index (χ0) is 5.98. The first kappa shape index (κ1) is 23.5. The van der Waals surface area contributed by atoms with Gasteiger partial charge < -0.3 is 24.8 Å². The largest absolute Gasteiger partial charge is 2.00 e. The molecule has 0 unspecified atom stereocenters. The fourth-order valence-electron chi connectivity index (χ4n) is 0.391. The van der Waals surface area contributed by atoms with E-state index in [2.05, 4.69) is 6.07 Å². The third-order valence-electron chi connectivity index (χ3n) is 0.764. The molecule has 0 aliphatic rings. The van der Waals surface area contributed by atoms with Crippen LogP contribution < -0.4 is 43.7 Å². The van der Waals surface area contributed by atoms with Crippen LogP contribution in [0.4, 0.5) is 0 Å². The third kappa shape index (κ3) is 8.35. The molecule has 0 amide bonds. The summed E-state index contributed by atoms with van der Waals surface area (Å²) in [6.07, 6.45) is 0. The fraction of sp³-hybridized carbons (Fsp3) is 0. The maximum absolute atomic E-state index is 5.56. The average molecular weight is 248 g/mol. The van der Waals surface area contributed by atoms with Crippen LogP contribution in [0.15, 0.2) is 18.2 Å². The molecular formula is C6H3Cl4LiMg. The first-order valence-corrected chi connectivity index (χ1v) is 2.87. The van der Waals surface area contributed by atoms with Crippen molar-refractivity contribution in [3.05, 3.63) is 34.3 Å². The van der Waals surface area contributed by atoms with E-state index in [0.29, 0.717) is 10.0 Å². The van der Waals surface area contributed by atoms with Gasteiger partial charge in [-0.25, -0.2) is 0 Å². The summed E-state index contributed by atoms with van der Waals surface area (Å²) in [5.41, 5.74) is 0. The first-order chi connectivity index (χ1) is 3.80. The minimum Gasteiger partial charge on any atom is -1.00 e. The second kappa shape index (κ2) is 12.7. The molecule has 0 bridgehead atoms. The summed E-state index contributed by atoms with van der Waals surface area (Å²) in [4.78, 5) is 0. The Hall–Kier alpha value is 1.74. The van der Waals surface area contributed by atoms with Crippen molar-refractivity contribution in [2.75, 3.05) is 0 Å². The minimum absolute atomic E-state index is 0. The van der Waals surface area contributed by atoms with Gasteiger partial charge in [0.1, 0.15) is 0 Å². The van der Waals surface area contributed by atoms with Crippen LogP contribution in [0.25, 0.3) is 0 Å². The predicted molar refractivity (Wildman–Crippen MR) is 41.1 cm³/mol. The van der Waals surface area contributed by atoms with Gasteiger partial charge in [-0.2, -0.15) is 35.9 Å². The molecule has 0 aliphatic carbocycles. The normalized spacial score (nSPS) is 6.17. The van der Waals surface area contributed by atoms with Crippen LogP contribution in [0.3, 0.4) is 0 Å². The molecule has 1 aromatic rings. The van der Waals surface area contributed by atoms with Crippen molar-refractivity contribution in [2.45, 2.75) is 0 Å². The Morgan fingerprint density at radius 2 is 1.58 bits per heavy atom. The van der Waals surface area contributed by atoms with Crippen LogP contribution in [-0.4, -0.2) is 23.1 Å². The van der Waals surface area contributed by atoms with Crippen LogP contribution in [0.1, 0.15) is 0 Å². The average Bonchev–Trinajstić information content (AvgIpc) is 1.77. The molecular weight excluding hydrogens is 245 g/mol. The number of hydrogen-bond donors (Lipinski definition) is 0. The summed E-state index contributed by atoms with van der Waals surface area (Å²) in [5.74, 6) is 0. The van der Waals surface area contributed by atoms with Gasteiger partial charge in [-0.05, 0) is 0 Å². The molecule has 0 heterocycles. The minimum atomic E-state index is 0. The molecule has 6 heteroatoms. The first-order valence-electron chi connectivity index (χ1n) is 2.12. The van der Waals surface area contributed by atoms with E-state index in [4.69, 9.17) is 23.2 Å². The number of rotatable bonds is 0. The van der Waals surface area contributed by atoms with Gasteiger partial charge in [-0.3, -0.25) is 0 Å². The van der Waals surface area contributed by atoms with Crippen LogP contribution in [0.5, 0.6) is 0 Å². The number of benzene rings is 1. The van der Waals surface area contributed by atoms with Crippen LogP contribution in [-0.2, 0) is 0 Å². The van der Waals surface area contributed by atoms with Gasteiger partial charge in [0, 0.05) is 0 Å². The molecule has 0 atom stereocenters. The number of halogens is 4. The van der Waals surface area contributed by atoms with E-state index in [9.17, 15) is 0 Å². The smallest absolute Gasteiger partial charge is 1.00 e. The molecule has 0 aromatic heterocycles. The van der Waals surface area contributed by atoms with Gasteiger partial charge in [0.05, 0.1) is 0 Å². The van der Waals surface area contributed by atoms with Crippen molar-refractivity contribution in [3.8, 4) is 0 Å². The molecule has 0 saturated heterocycles. The van der Waals surface area contributed by atoms with Gasteiger partial charge in [0.25, 0.3) is 0 Å². The van der Waals surface area contributed by atoms with Crippen molar-refractivity contribution in [1.29, 1.82) is 0 Å². The molecule has 58 valence electrons. The molecule has 0 radical (unpaired) electrons. The molecule has 0 N–H and O–H groups in total. The Morgan fingerprint density at radius 3 is 1.83 bits per heavy atom. The predicted octanol–water partition coefficient (Wildman–Crippen LogP) is -6.58. The maximum atomic E-state index is 5.56. The Kier molecular flexibility index (Phi) is 25.0. The summed E-state index contributed by atoms with van der Waals surface area (Å²) >= 11 is 11.1. The van der Waals surface area contributed by atoms with Crippen molar-refractivity contribution in [1.82, 2.24) is 0 Å². The van der Waals surface area contributed by atoms with Gasteiger partial charge in [-0.15, -0.1) is 11.6 Å². The molecule has 0 fully saturated rings. The van der Waals surface area contributed by atoms with E-state index in [1.807, 2.05) is 0 Å². The van der Waals surface area contributed by atoms with Crippen molar-refractivity contribution in [2.24, 2.45) is 0 Å². The third-order valence-corrected chi connectivity index (χ3v) is 1.50. The van der Waals surface area contributed by atoms with E-state index >= 15 is 0 Å². The number of hydrogen-bond acceptors (Lipinski definition) is 0. The molecule has 1 rings (SSSR count). The molecule has 1 aromatic carbocycles. The van der Waals surface area contributed by atoms with E-state index in [-0.39, 0.29) is 66.7 Å². The quantitative estimate of drug-likeness (QED) is 0.316. The van der Waals surface area contributed by atoms with Gasteiger partial charge in [-0.1, -0.05) is 10.0 Å². The Balaban J connectivity index is -0.0000000800. The SMILES string of the molecule is Clc1c[c-]ccc1Cl.[Cl-].[Cl-].[Li+].[Mg+2]. The summed E-state index contributed by atoms with van der Waals surface area (Å²) in [5, 5.41) is 1.12. The van der Waals surface area contributed by atoms with Crippen LogP contribution >= 0.6 is 23.2 Å². The van der Waals surface area contributed by atoms with Crippen molar-refractivity contribution >= 4 is 46.3 Å². The van der Waals surface area contributed by atoms with Gasteiger partial charge >= 0.3 is 41.9 Å². The summed E-state index contributed by atoms with van der Waals surface area (Å²) < 4.78 is 0. The fourth-order valence-corrected chi connectivity index (χ4v) is 0.635. The second-order valence-corrected chi connectivity index (χ2v) is 2.15. The van der Waals surface area contributed by atoms with Crippen molar-refractivity contribution < 1.29 is 43.7 Å². The van der Waals surface area contributed by atoms with Gasteiger partial charge in [0.2, 0.25) is 0 Å². The topological polar surface area (TPSA) is 0 Å². The van der Waals surface area contributed by atoms with Gasteiger partial charge in [0.15, 0.2) is 0 Å². The summed E-state index contributed by atoms with van der Waals surface area (Å²) in [6, 6.07) is 7.83.